The highest BCUT2D eigenvalue weighted by Crippen LogP contribution is 2.37. The summed E-state index contributed by atoms with van der Waals surface area (Å²) in [6.45, 7) is 4.97. The molecular weight excluding hydrogens is 559 g/mol. The molecule has 2 fully saturated rings. The van der Waals surface area contributed by atoms with E-state index in [0.29, 0.717) is 48.1 Å². The molecule has 2 aromatic carbocycles. The molecule has 2 aliphatic rings. The second kappa shape index (κ2) is 14.5. The lowest BCUT2D eigenvalue weighted by Crippen LogP contribution is -2.50. The number of carbonyl (C=O) groups excluding carboxylic acids is 2. The third kappa shape index (κ3) is 7.81. The number of halogens is 2. The first-order valence-corrected chi connectivity index (χ1v) is 15.3. The van der Waals surface area contributed by atoms with Gasteiger partial charge in [-0.3, -0.25) is 14.5 Å². The molecule has 1 amide bonds. The van der Waals surface area contributed by atoms with E-state index in [1.165, 1.54) is 5.56 Å². The van der Waals surface area contributed by atoms with Gasteiger partial charge in [0.1, 0.15) is 10.8 Å². The van der Waals surface area contributed by atoms with Crippen molar-refractivity contribution in [3.63, 3.8) is 0 Å². The number of nitriles is 1. The topological polar surface area (TPSA) is 99.7 Å². The number of aryl methyl sites for hydroxylation is 2. The number of fused-ring (bicyclic) bond motifs is 1. The zero-order valence-electron chi connectivity index (χ0n) is 23.9. The molecule has 2 heterocycles. The summed E-state index contributed by atoms with van der Waals surface area (Å²) in [5.74, 6) is 0.375. The molecule has 0 aliphatic carbocycles. The van der Waals surface area contributed by atoms with Crippen LogP contribution >= 0.6 is 23.2 Å². The maximum atomic E-state index is 14.0. The molecule has 220 valence electrons. The van der Waals surface area contributed by atoms with Gasteiger partial charge < -0.3 is 15.4 Å². The van der Waals surface area contributed by atoms with Crippen LogP contribution < -0.4 is 10.5 Å². The van der Waals surface area contributed by atoms with Gasteiger partial charge in [-0.2, -0.15) is 5.26 Å². The van der Waals surface area contributed by atoms with Crippen molar-refractivity contribution in [1.82, 2.24) is 9.80 Å². The van der Waals surface area contributed by atoms with Crippen molar-refractivity contribution < 1.29 is 14.3 Å². The van der Waals surface area contributed by atoms with Crippen LogP contribution in [0, 0.1) is 11.3 Å². The number of nitrogens with zero attached hydrogens (tertiary/aromatic N) is 3. The number of carbonyl (C=O) groups is 2. The van der Waals surface area contributed by atoms with Crippen LogP contribution in [0.5, 0.6) is 5.75 Å². The minimum atomic E-state index is -0.661. The molecule has 1 unspecified atom stereocenters. The van der Waals surface area contributed by atoms with Crippen LogP contribution in [0.4, 0.5) is 0 Å². The second-order valence-electron chi connectivity index (χ2n) is 11.4. The number of ether oxygens (including phenoxy) is 1. The van der Waals surface area contributed by atoms with Crippen LogP contribution in [0.3, 0.4) is 0 Å². The van der Waals surface area contributed by atoms with Crippen LogP contribution in [-0.4, -0.2) is 64.9 Å². The highest BCUT2D eigenvalue weighted by atomic mass is 35.5. The lowest BCUT2D eigenvalue weighted by atomic mass is 9.97. The Kier molecular flexibility index (Phi) is 11.1. The van der Waals surface area contributed by atoms with Crippen LogP contribution in [0.1, 0.15) is 63.5 Å². The van der Waals surface area contributed by atoms with Gasteiger partial charge in [0.2, 0.25) is 5.91 Å². The Morgan fingerprint density at radius 2 is 1.93 bits per heavy atom. The van der Waals surface area contributed by atoms with Gasteiger partial charge in [0.05, 0.1) is 29.3 Å². The summed E-state index contributed by atoms with van der Waals surface area (Å²) in [6.07, 6.45) is 4.15. The lowest BCUT2D eigenvalue weighted by Gasteiger charge is -2.32. The summed E-state index contributed by atoms with van der Waals surface area (Å²) >= 11 is 12.7. The zero-order valence-corrected chi connectivity index (χ0v) is 25.4. The quantitative estimate of drug-likeness (QED) is 0.342. The van der Waals surface area contributed by atoms with E-state index in [2.05, 4.69) is 23.1 Å². The average molecular weight is 600 g/mol. The first kappa shape index (κ1) is 31.3. The summed E-state index contributed by atoms with van der Waals surface area (Å²) in [5, 5.41) is 10.1. The molecule has 7 nitrogen and oxygen atoms in total. The Morgan fingerprint density at radius 3 is 2.63 bits per heavy atom. The minimum absolute atomic E-state index is 0.0465. The molecule has 2 aliphatic heterocycles. The van der Waals surface area contributed by atoms with E-state index in [1.807, 2.05) is 38.1 Å². The van der Waals surface area contributed by atoms with Crippen molar-refractivity contribution in [2.24, 2.45) is 5.73 Å². The monoisotopic (exact) mass is 598 g/mol. The van der Waals surface area contributed by atoms with Crippen molar-refractivity contribution in [2.45, 2.75) is 95.5 Å². The predicted molar refractivity (Wildman–Crippen MR) is 162 cm³/mol. The minimum Gasteiger partial charge on any atom is -0.489 e. The summed E-state index contributed by atoms with van der Waals surface area (Å²) in [5.41, 5.74) is 8.42. The van der Waals surface area contributed by atoms with Gasteiger partial charge in [-0.25, -0.2) is 0 Å². The van der Waals surface area contributed by atoms with Gasteiger partial charge in [-0.05, 0) is 69.6 Å². The predicted octanol–water partition coefficient (Wildman–Crippen LogP) is 5.59. The fourth-order valence-corrected chi connectivity index (χ4v) is 6.52. The second-order valence-corrected chi connectivity index (χ2v) is 12.2. The number of hydrogen-bond acceptors (Lipinski definition) is 6. The number of Topliss-reactive ketones (excluding diaryl/α,β-unsaturated/α-hetero) is 1. The lowest BCUT2D eigenvalue weighted by molar-refractivity contribution is -0.142. The first-order valence-electron chi connectivity index (χ1n) is 14.6. The van der Waals surface area contributed by atoms with Crippen LogP contribution in [0.25, 0.3) is 0 Å². The molecule has 0 bridgehead atoms. The van der Waals surface area contributed by atoms with Crippen molar-refractivity contribution in [3.8, 4) is 11.8 Å². The fraction of sp³-hybridized carbons (Fsp3) is 0.531. The van der Waals surface area contributed by atoms with E-state index in [-0.39, 0.29) is 48.8 Å². The molecule has 4 rings (SSSR count). The van der Waals surface area contributed by atoms with Gasteiger partial charge >= 0.3 is 0 Å². The highest BCUT2D eigenvalue weighted by molar-refractivity contribution is 6.43. The Balaban J connectivity index is 1.52. The van der Waals surface area contributed by atoms with E-state index < -0.39 is 6.04 Å². The van der Waals surface area contributed by atoms with Crippen LogP contribution in [0.2, 0.25) is 10.0 Å². The summed E-state index contributed by atoms with van der Waals surface area (Å²) in [6, 6.07) is 15.2. The third-order valence-corrected chi connectivity index (χ3v) is 8.91. The van der Waals surface area contributed by atoms with Crippen LogP contribution in [-0.2, 0) is 22.4 Å². The molecule has 4 atom stereocenters. The Morgan fingerprint density at radius 1 is 1.17 bits per heavy atom. The fourth-order valence-electron chi connectivity index (χ4n) is 6.14. The largest absolute Gasteiger partial charge is 0.489 e. The van der Waals surface area contributed by atoms with E-state index in [1.54, 1.807) is 11.0 Å². The van der Waals surface area contributed by atoms with E-state index in [4.69, 9.17) is 33.7 Å². The number of amides is 1. The van der Waals surface area contributed by atoms with Crippen LogP contribution in [0.15, 0.2) is 42.5 Å². The molecule has 0 spiro atoms. The molecule has 0 saturated carbocycles. The number of hydrogen-bond donors (Lipinski definition) is 1. The molecule has 9 heteroatoms. The Hall–Kier alpha value is -2.63. The number of ketones is 1. The van der Waals surface area contributed by atoms with Gasteiger partial charge in [-0.15, -0.1) is 0 Å². The molecule has 2 aromatic rings. The maximum absolute atomic E-state index is 14.0. The van der Waals surface area contributed by atoms with E-state index >= 15 is 0 Å². The Bertz CT molecular complexity index is 1250. The summed E-state index contributed by atoms with van der Waals surface area (Å²) in [7, 11) is 0. The molecule has 0 radical (unpaired) electrons. The molecule has 41 heavy (non-hydrogen) atoms. The first-order chi connectivity index (χ1) is 19.7. The zero-order chi connectivity index (χ0) is 29.5. The SMILES string of the molecule is CC(C)Oc1c(CCC(=O)[C@@H](CCC#N)N2CCC(CCc3ccccc3)N3C[C@H](N)C[C@H]3C2=O)ccc(Cl)c1Cl. The molecule has 0 aromatic heterocycles. The maximum Gasteiger partial charge on any atom is 0.240 e. The van der Waals surface area contributed by atoms with E-state index in [0.717, 1.165) is 24.8 Å². The summed E-state index contributed by atoms with van der Waals surface area (Å²) in [4.78, 5) is 31.8. The standard InChI is InChI=1S/C32H40Cl2N4O3/c1-21(2)41-31-23(11-14-26(33)30(31)34)12-15-29(39)27(9-6-17-35)37-18-16-25(13-10-22-7-4-3-5-8-22)38-20-24(36)19-28(38)32(37)40/h3-5,7-8,11,14,21,24-25,27-28H,6,9-10,12-13,15-16,18-20,36H2,1-2H3/t24-,25?,27-,28+/m1/s1. The smallest absolute Gasteiger partial charge is 0.240 e. The van der Waals surface area contributed by atoms with Crippen molar-refractivity contribution in [2.75, 3.05) is 13.1 Å². The van der Waals surface area contributed by atoms with Crippen molar-refractivity contribution in [1.29, 1.82) is 5.26 Å². The van der Waals surface area contributed by atoms with Gasteiger partial charge in [0.15, 0.2) is 5.78 Å². The van der Waals surface area contributed by atoms with Gasteiger partial charge in [0, 0.05) is 38.0 Å². The van der Waals surface area contributed by atoms with E-state index in [9.17, 15) is 14.9 Å². The normalized spacial score (nSPS) is 21.8. The average Bonchev–Trinajstić information content (AvgIpc) is 3.30. The molecule has 2 saturated heterocycles. The number of nitrogens with two attached hydrogens (primary N) is 1. The van der Waals surface area contributed by atoms with Crippen molar-refractivity contribution in [3.05, 3.63) is 63.6 Å². The number of rotatable bonds is 12. The Labute approximate surface area is 253 Å². The summed E-state index contributed by atoms with van der Waals surface area (Å²) < 4.78 is 5.94. The molecule has 2 N–H and O–H groups in total. The molecular formula is C32H40Cl2N4O3. The van der Waals surface area contributed by atoms with Gasteiger partial charge in [0.25, 0.3) is 0 Å². The highest BCUT2D eigenvalue weighted by Gasteiger charge is 2.45. The number of benzene rings is 2. The van der Waals surface area contributed by atoms with Gasteiger partial charge in [-0.1, -0.05) is 59.6 Å². The van der Waals surface area contributed by atoms with Crippen molar-refractivity contribution >= 4 is 34.9 Å². The third-order valence-electron chi connectivity index (χ3n) is 8.12.